The highest BCUT2D eigenvalue weighted by Crippen LogP contribution is 2.21. The summed E-state index contributed by atoms with van der Waals surface area (Å²) in [6.45, 7) is 1.64. The van der Waals surface area contributed by atoms with Crippen LogP contribution in [0.25, 0.3) is 6.08 Å². The molecule has 0 N–H and O–H groups in total. The zero-order chi connectivity index (χ0) is 15.9. The van der Waals surface area contributed by atoms with Crippen LogP contribution in [0.5, 0.6) is 0 Å². The molecule has 22 heavy (non-hydrogen) atoms. The van der Waals surface area contributed by atoms with E-state index < -0.39 is 10.9 Å². The van der Waals surface area contributed by atoms with E-state index in [4.69, 9.17) is 4.74 Å². The molecule has 112 valence electrons. The summed E-state index contributed by atoms with van der Waals surface area (Å²) in [6.07, 6.45) is 3.56. The van der Waals surface area contributed by atoms with Crippen LogP contribution in [0, 0.1) is 17.0 Å². The largest absolute Gasteiger partial charge is 0.458 e. The fourth-order valence-electron chi connectivity index (χ4n) is 1.99. The molecule has 0 unspecified atom stereocenters. The average Bonchev–Trinajstić information content (AvgIpc) is 2.52. The van der Waals surface area contributed by atoms with Crippen molar-refractivity contribution in [2.24, 2.45) is 0 Å². The lowest BCUT2D eigenvalue weighted by Gasteiger charge is -2.05. The Morgan fingerprint density at radius 3 is 2.59 bits per heavy atom. The van der Waals surface area contributed by atoms with Gasteiger partial charge in [0.25, 0.3) is 5.69 Å². The molecule has 0 heterocycles. The number of esters is 1. The Morgan fingerprint density at radius 2 is 1.91 bits per heavy atom. The van der Waals surface area contributed by atoms with E-state index in [0.717, 1.165) is 5.56 Å². The van der Waals surface area contributed by atoms with Crippen molar-refractivity contribution in [3.05, 3.63) is 81.4 Å². The van der Waals surface area contributed by atoms with E-state index in [1.165, 1.54) is 25.1 Å². The molecule has 0 atom stereocenters. The molecule has 2 aromatic carbocycles. The Kier molecular flexibility index (Phi) is 5.03. The summed E-state index contributed by atoms with van der Waals surface area (Å²) in [5, 5.41) is 10.9. The summed E-state index contributed by atoms with van der Waals surface area (Å²) in [5.74, 6) is -0.570. The third-order valence-electron chi connectivity index (χ3n) is 3.14. The Balaban J connectivity index is 2.00. The summed E-state index contributed by atoms with van der Waals surface area (Å²) in [5.41, 5.74) is 1.44. The molecule has 5 nitrogen and oxygen atoms in total. The van der Waals surface area contributed by atoms with Crippen molar-refractivity contribution in [1.29, 1.82) is 0 Å². The van der Waals surface area contributed by atoms with Crippen molar-refractivity contribution < 1.29 is 14.5 Å². The minimum atomic E-state index is -0.570. The topological polar surface area (TPSA) is 69.4 Å². The lowest BCUT2D eigenvalue weighted by molar-refractivity contribution is -0.385. The van der Waals surface area contributed by atoms with Crippen molar-refractivity contribution in [3.8, 4) is 0 Å². The van der Waals surface area contributed by atoms with Crippen LogP contribution < -0.4 is 0 Å². The highest BCUT2D eigenvalue weighted by Gasteiger charge is 2.18. The van der Waals surface area contributed by atoms with E-state index in [-0.39, 0.29) is 17.9 Å². The van der Waals surface area contributed by atoms with Crippen molar-refractivity contribution in [2.75, 3.05) is 6.61 Å². The second-order valence-electron chi connectivity index (χ2n) is 4.62. The zero-order valence-corrected chi connectivity index (χ0v) is 12.1. The lowest BCUT2D eigenvalue weighted by Crippen LogP contribution is -2.08. The molecule has 0 amide bonds. The van der Waals surface area contributed by atoms with Crippen LogP contribution in [0.2, 0.25) is 0 Å². The minimum Gasteiger partial charge on any atom is -0.458 e. The number of rotatable bonds is 5. The van der Waals surface area contributed by atoms with Gasteiger partial charge in [0.05, 0.1) is 10.5 Å². The SMILES string of the molecule is Cc1c(C(=O)OC/C=C/c2ccccc2)cccc1[N+](=O)[O-]. The molecule has 0 aliphatic heterocycles. The fraction of sp³-hybridized carbons (Fsp3) is 0.118. The molecule has 0 bridgehead atoms. The molecule has 5 heteroatoms. The number of carbonyl (C=O) groups is 1. The molecule has 0 fully saturated rings. The first-order valence-corrected chi connectivity index (χ1v) is 6.72. The molecular formula is C17H15NO4. The van der Waals surface area contributed by atoms with Crippen LogP contribution in [0.1, 0.15) is 21.5 Å². The maximum absolute atomic E-state index is 12.0. The monoisotopic (exact) mass is 297 g/mol. The molecule has 0 aliphatic carbocycles. The number of benzene rings is 2. The quantitative estimate of drug-likeness (QED) is 0.478. The van der Waals surface area contributed by atoms with Gasteiger partial charge in [0.1, 0.15) is 6.61 Å². The van der Waals surface area contributed by atoms with Crippen molar-refractivity contribution in [3.63, 3.8) is 0 Å². The van der Waals surface area contributed by atoms with E-state index in [1.54, 1.807) is 6.08 Å². The van der Waals surface area contributed by atoms with Crippen molar-refractivity contribution in [2.45, 2.75) is 6.92 Å². The van der Waals surface area contributed by atoms with E-state index >= 15 is 0 Å². The predicted molar refractivity (Wildman–Crippen MR) is 83.6 cm³/mol. The summed E-state index contributed by atoms with van der Waals surface area (Å²) >= 11 is 0. The number of carbonyl (C=O) groups excluding carboxylic acids is 1. The Labute approximate surface area is 128 Å². The van der Waals surface area contributed by atoms with Gasteiger partial charge in [0.2, 0.25) is 0 Å². The fourth-order valence-corrected chi connectivity index (χ4v) is 1.99. The number of nitrogens with zero attached hydrogens (tertiary/aromatic N) is 1. The van der Waals surface area contributed by atoms with Crippen LogP contribution in [0.15, 0.2) is 54.6 Å². The van der Waals surface area contributed by atoms with Crippen molar-refractivity contribution in [1.82, 2.24) is 0 Å². The molecule has 0 saturated carbocycles. The molecule has 0 aromatic heterocycles. The normalized spacial score (nSPS) is 10.6. The standard InChI is InChI=1S/C17H15NO4/c1-13-15(10-5-11-16(13)18(20)21)17(19)22-12-6-9-14-7-3-2-4-8-14/h2-11H,12H2,1H3/b9-6+. The summed E-state index contributed by atoms with van der Waals surface area (Å²) < 4.78 is 5.12. The summed E-state index contributed by atoms with van der Waals surface area (Å²) in [7, 11) is 0. The highest BCUT2D eigenvalue weighted by molar-refractivity contribution is 5.92. The Morgan fingerprint density at radius 1 is 1.18 bits per heavy atom. The van der Waals surface area contributed by atoms with Crippen LogP contribution in [0.3, 0.4) is 0 Å². The van der Waals surface area contributed by atoms with E-state index in [9.17, 15) is 14.9 Å². The average molecular weight is 297 g/mol. The zero-order valence-electron chi connectivity index (χ0n) is 12.1. The molecular weight excluding hydrogens is 282 g/mol. The molecule has 0 aliphatic rings. The van der Waals surface area contributed by atoms with Gasteiger partial charge < -0.3 is 4.74 Å². The first-order chi connectivity index (χ1) is 10.6. The second kappa shape index (κ2) is 7.17. The molecule has 0 spiro atoms. The highest BCUT2D eigenvalue weighted by atomic mass is 16.6. The lowest BCUT2D eigenvalue weighted by atomic mass is 10.1. The van der Waals surface area contributed by atoms with Gasteiger partial charge >= 0.3 is 5.97 Å². The van der Waals surface area contributed by atoms with Crippen LogP contribution in [0.4, 0.5) is 5.69 Å². The molecule has 2 aromatic rings. The van der Waals surface area contributed by atoms with Crippen LogP contribution in [-0.4, -0.2) is 17.5 Å². The van der Waals surface area contributed by atoms with Gasteiger partial charge in [0, 0.05) is 11.6 Å². The van der Waals surface area contributed by atoms with Crippen molar-refractivity contribution >= 4 is 17.7 Å². The first kappa shape index (κ1) is 15.4. The van der Waals surface area contributed by atoms with Gasteiger partial charge in [-0.15, -0.1) is 0 Å². The van der Waals surface area contributed by atoms with Gasteiger partial charge in [-0.1, -0.05) is 42.5 Å². The predicted octanol–water partition coefficient (Wildman–Crippen LogP) is 3.77. The number of hydrogen-bond acceptors (Lipinski definition) is 4. The van der Waals surface area contributed by atoms with Gasteiger partial charge in [0.15, 0.2) is 0 Å². The molecule has 0 saturated heterocycles. The molecule has 2 rings (SSSR count). The van der Waals surface area contributed by atoms with E-state index in [2.05, 4.69) is 0 Å². The third-order valence-corrected chi connectivity index (χ3v) is 3.14. The van der Waals surface area contributed by atoms with E-state index in [1.807, 2.05) is 36.4 Å². The number of nitro benzene ring substituents is 1. The van der Waals surface area contributed by atoms with Gasteiger partial charge in [-0.3, -0.25) is 10.1 Å². The van der Waals surface area contributed by atoms with Gasteiger partial charge in [-0.25, -0.2) is 4.79 Å². The number of ether oxygens (including phenoxy) is 1. The van der Waals surface area contributed by atoms with E-state index in [0.29, 0.717) is 5.56 Å². The molecule has 0 radical (unpaired) electrons. The Bertz CT molecular complexity index is 708. The van der Waals surface area contributed by atoms with Gasteiger partial charge in [-0.05, 0) is 24.6 Å². The maximum Gasteiger partial charge on any atom is 0.338 e. The minimum absolute atomic E-state index is 0.0886. The summed E-state index contributed by atoms with van der Waals surface area (Å²) in [6, 6.07) is 14.0. The first-order valence-electron chi connectivity index (χ1n) is 6.72. The summed E-state index contributed by atoms with van der Waals surface area (Å²) in [4.78, 5) is 22.3. The number of nitro groups is 1. The van der Waals surface area contributed by atoms with Crippen LogP contribution in [-0.2, 0) is 4.74 Å². The smallest absolute Gasteiger partial charge is 0.338 e. The van der Waals surface area contributed by atoms with Gasteiger partial charge in [-0.2, -0.15) is 0 Å². The van der Waals surface area contributed by atoms with Crippen LogP contribution >= 0.6 is 0 Å². The number of hydrogen-bond donors (Lipinski definition) is 0. The second-order valence-corrected chi connectivity index (χ2v) is 4.62. The maximum atomic E-state index is 12.0. The third kappa shape index (κ3) is 3.79. The Hall–Kier alpha value is -2.95.